The average Bonchev–Trinajstić information content (AvgIpc) is 2.64. The third-order valence-electron chi connectivity index (χ3n) is 2.25. The quantitative estimate of drug-likeness (QED) is 0.511. The third-order valence-corrected chi connectivity index (χ3v) is 2.25. The van der Waals surface area contributed by atoms with Crippen LogP contribution in [0.15, 0.2) is 22.2 Å². The minimum atomic E-state index is 0.212. The van der Waals surface area contributed by atoms with Crippen LogP contribution in [0.5, 0.6) is 0 Å². The summed E-state index contributed by atoms with van der Waals surface area (Å²) in [5.74, 6) is 0.562. The zero-order chi connectivity index (χ0) is 12.8. The van der Waals surface area contributed by atoms with Crippen molar-refractivity contribution in [3.8, 4) is 0 Å². The van der Waals surface area contributed by atoms with Crippen LogP contribution in [0.4, 0.5) is 0 Å². The normalized spacial score (nSPS) is 12.9. The van der Waals surface area contributed by atoms with Gasteiger partial charge in [0.25, 0.3) is 0 Å². The van der Waals surface area contributed by atoms with Crippen LogP contribution in [-0.4, -0.2) is 42.4 Å². The second-order valence-electron chi connectivity index (χ2n) is 4.05. The molecule has 0 atom stereocenters. The van der Waals surface area contributed by atoms with Gasteiger partial charge in [-0.15, -0.1) is 0 Å². The largest absolute Gasteiger partial charge is 0.369 e. The van der Waals surface area contributed by atoms with Crippen LogP contribution in [0.2, 0.25) is 0 Å². The maximum Gasteiger partial charge on any atom is 0.218 e. The van der Waals surface area contributed by atoms with Gasteiger partial charge in [0.15, 0.2) is 5.96 Å². The van der Waals surface area contributed by atoms with E-state index in [-0.39, 0.29) is 5.96 Å². The monoisotopic (exact) mass is 236 g/mol. The molecule has 6 nitrogen and oxygen atoms in total. The molecule has 0 unspecified atom stereocenters. The molecule has 0 saturated carbocycles. The van der Waals surface area contributed by atoms with Crippen molar-refractivity contribution in [2.75, 3.05) is 20.6 Å². The van der Waals surface area contributed by atoms with Crippen LogP contribution in [0.25, 0.3) is 0 Å². The van der Waals surface area contributed by atoms with Crippen LogP contribution in [0.3, 0.4) is 0 Å². The number of aromatic nitrogens is 1. The van der Waals surface area contributed by atoms with Gasteiger partial charge < -0.3 is 21.4 Å². The lowest BCUT2D eigenvalue weighted by atomic mass is 10.2. The van der Waals surface area contributed by atoms with Gasteiger partial charge in [0.1, 0.15) is 0 Å². The van der Waals surface area contributed by atoms with Crippen molar-refractivity contribution in [2.45, 2.75) is 13.3 Å². The Kier molecular flexibility index (Phi) is 4.56. The molecule has 0 aliphatic heterocycles. The van der Waals surface area contributed by atoms with E-state index >= 15 is 0 Å². The fraction of sp³-hybridized carbons (Fsp3) is 0.455. The number of H-pyrrole nitrogens is 1. The number of nitrogens with two attached hydrogens (primary N) is 2. The summed E-state index contributed by atoms with van der Waals surface area (Å²) in [7, 11) is 3.60. The molecule has 0 radical (unpaired) electrons. The summed E-state index contributed by atoms with van der Waals surface area (Å²) in [6.07, 6.45) is 2.81. The number of nitrogens with zero attached hydrogens (tertiary/aromatic N) is 3. The van der Waals surface area contributed by atoms with Crippen LogP contribution in [0, 0.1) is 6.92 Å². The molecule has 0 saturated heterocycles. The van der Waals surface area contributed by atoms with Gasteiger partial charge in [-0.25, -0.2) is 0 Å². The summed E-state index contributed by atoms with van der Waals surface area (Å²) in [6, 6.07) is 2.09. The molecule has 0 bridgehead atoms. The van der Waals surface area contributed by atoms with Crippen LogP contribution in [-0.2, 0) is 6.42 Å². The molecule has 5 N–H and O–H groups in total. The lowest BCUT2D eigenvalue weighted by Crippen LogP contribution is -2.32. The Balaban J connectivity index is 2.46. The van der Waals surface area contributed by atoms with E-state index in [0.29, 0.717) is 12.5 Å². The van der Waals surface area contributed by atoms with Crippen molar-refractivity contribution in [3.05, 3.63) is 23.5 Å². The number of nitrogens with one attached hydrogen (secondary N) is 1. The number of hydrogen-bond donors (Lipinski definition) is 3. The first kappa shape index (κ1) is 13.1. The van der Waals surface area contributed by atoms with Crippen molar-refractivity contribution in [1.82, 2.24) is 9.88 Å². The summed E-state index contributed by atoms with van der Waals surface area (Å²) in [6.45, 7) is 2.62. The Bertz CT molecular complexity index is 415. The number of hydrogen-bond acceptors (Lipinski definition) is 1. The SMILES string of the molecule is Cc1cc(CCN=C(N)/N=C(\N)N(C)C)c[nH]1. The molecule has 1 aromatic heterocycles. The van der Waals surface area contributed by atoms with Crippen molar-refractivity contribution in [1.29, 1.82) is 0 Å². The van der Waals surface area contributed by atoms with E-state index in [1.807, 2.05) is 13.1 Å². The Morgan fingerprint density at radius 2 is 2.12 bits per heavy atom. The molecule has 0 amide bonds. The van der Waals surface area contributed by atoms with E-state index in [1.54, 1.807) is 19.0 Å². The second kappa shape index (κ2) is 5.93. The highest BCUT2D eigenvalue weighted by molar-refractivity contribution is 5.93. The molecule has 0 aliphatic carbocycles. The fourth-order valence-electron chi connectivity index (χ4n) is 1.26. The van der Waals surface area contributed by atoms with Gasteiger partial charge in [0.05, 0.1) is 0 Å². The molecule has 1 heterocycles. The van der Waals surface area contributed by atoms with Gasteiger partial charge in [-0.1, -0.05) is 0 Å². The molecule has 0 fully saturated rings. The Morgan fingerprint density at radius 3 is 2.65 bits per heavy atom. The van der Waals surface area contributed by atoms with Crippen LogP contribution < -0.4 is 11.5 Å². The van der Waals surface area contributed by atoms with Gasteiger partial charge in [-0.3, -0.25) is 4.99 Å². The minimum absolute atomic E-state index is 0.212. The fourth-order valence-corrected chi connectivity index (χ4v) is 1.26. The first-order valence-electron chi connectivity index (χ1n) is 5.44. The van der Waals surface area contributed by atoms with E-state index in [4.69, 9.17) is 11.5 Å². The van der Waals surface area contributed by atoms with Gasteiger partial charge in [0.2, 0.25) is 5.96 Å². The molecule has 17 heavy (non-hydrogen) atoms. The molecule has 0 aliphatic rings. The number of rotatable bonds is 3. The minimum Gasteiger partial charge on any atom is -0.369 e. The summed E-state index contributed by atoms with van der Waals surface area (Å²) < 4.78 is 0. The zero-order valence-electron chi connectivity index (χ0n) is 10.6. The number of aromatic amines is 1. The van der Waals surface area contributed by atoms with E-state index in [0.717, 1.165) is 12.1 Å². The first-order chi connectivity index (χ1) is 7.99. The molecule has 0 aromatic carbocycles. The molecular weight excluding hydrogens is 216 g/mol. The van der Waals surface area contributed by atoms with Gasteiger partial charge in [-0.2, -0.15) is 4.99 Å². The summed E-state index contributed by atoms with van der Waals surface area (Å²) in [5, 5.41) is 0. The molecule has 94 valence electrons. The highest BCUT2D eigenvalue weighted by Gasteiger charge is 1.97. The van der Waals surface area contributed by atoms with Gasteiger partial charge >= 0.3 is 0 Å². The Labute approximate surface area is 101 Å². The topological polar surface area (TPSA) is 95.8 Å². The second-order valence-corrected chi connectivity index (χ2v) is 4.05. The standard InChI is InChI=1S/C11H20N6/c1-8-6-9(7-15-8)4-5-14-10(12)16-11(13)17(2)3/h6-7,15H,4-5H2,1-3H3,(H4,12,13,14,16). The summed E-state index contributed by atoms with van der Waals surface area (Å²) in [4.78, 5) is 12.9. The Morgan fingerprint density at radius 1 is 1.41 bits per heavy atom. The van der Waals surface area contributed by atoms with Gasteiger partial charge in [-0.05, 0) is 25.0 Å². The predicted octanol–water partition coefficient (Wildman–Crippen LogP) is 0.0566. The molecule has 0 spiro atoms. The maximum atomic E-state index is 5.63. The third kappa shape index (κ3) is 4.58. The van der Waals surface area contributed by atoms with E-state index < -0.39 is 0 Å². The number of aryl methyl sites for hydroxylation is 1. The molecular formula is C11H20N6. The number of guanidine groups is 2. The van der Waals surface area contributed by atoms with Crippen molar-refractivity contribution >= 4 is 11.9 Å². The lowest BCUT2D eigenvalue weighted by Gasteiger charge is -2.09. The first-order valence-corrected chi connectivity index (χ1v) is 5.44. The summed E-state index contributed by atoms with van der Waals surface area (Å²) >= 11 is 0. The van der Waals surface area contributed by atoms with Crippen molar-refractivity contribution in [2.24, 2.45) is 21.5 Å². The number of aliphatic imine (C=N–C) groups is 2. The van der Waals surface area contributed by atoms with Crippen molar-refractivity contribution in [3.63, 3.8) is 0 Å². The Hall–Kier alpha value is -1.98. The summed E-state index contributed by atoms with van der Waals surface area (Å²) in [5.41, 5.74) is 13.6. The lowest BCUT2D eigenvalue weighted by molar-refractivity contribution is 0.615. The molecule has 1 aromatic rings. The average molecular weight is 236 g/mol. The molecule has 1 rings (SSSR count). The van der Waals surface area contributed by atoms with E-state index in [9.17, 15) is 0 Å². The van der Waals surface area contributed by atoms with E-state index in [1.165, 1.54) is 5.56 Å². The smallest absolute Gasteiger partial charge is 0.218 e. The maximum absolute atomic E-state index is 5.63. The van der Waals surface area contributed by atoms with E-state index in [2.05, 4.69) is 21.0 Å². The highest BCUT2D eigenvalue weighted by atomic mass is 15.2. The van der Waals surface area contributed by atoms with Crippen LogP contribution >= 0.6 is 0 Å². The highest BCUT2D eigenvalue weighted by Crippen LogP contribution is 2.02. The van der Waals surface area contributed by atoms with Crippen molar-refractivity contribution < 1.29 is 0 Å². The molecule has 6 heteroatoms. The predicted molar refractivity (Wildman–Crippen MR) is 71.0 cm³/mol. The zero-order valence-corrected chi connectivity index (χ0v) is 10.6. The van der Waals surface area contributed by atoms with Gasteiger partial charge in [0, 0.05) is 32.5 Å². The van der Waals surface area contributed by atoms with Crippen LogP contribution in [0.1, 0.15) is 11.3 Å².